The molecule has 0 bridgehead atoms. The molecule has 0 saturated carbocycles. The lowest BCUT2D eigenvalue weighted by molar-refractivity contribution is -0.134. The van der Waals surface area contributed by atoms with Gasteiger partial charge in [-0.3, -0.25) is 9.69 Å². The minimum absolute atomic E-state index is 0.0455. The van der Waals surface area contributed by atoms with Crippen LogP contribution in [0.2, 0.25) is 0 Å². The summed E-state index contributed by atoms with van der Waals surface area (Å²) in [6.45, 7) is 4.71. The van der Waals surface area contributed by atoms with E-state index < -0.39 is 0 Å². The van der Waals surface area contributed by atoms with Gasteiger partial charge >= 0.3 is 0 Å². The summed E-state index contributed by atoms with van der Waals surface area (Å²) in [5.74, 6) is 1.78. The molecule has 166 valence electrons. The molecule has 1 atom stereocenters. The summed E-state index contributed by atoms with van der Waals surface area (Å²) in [7, 11) is 3.39. The number of benzene rings is 3. The molecule has 1 heterocycles. The molecular formula is C27H30N2O3. The summed E-state index contributed by atoms with van der Waals surface area (Å²) in [6.07, 6.45) is 0. The van der Waals surface area contributed by atoms with Crippen LogP contribution in [-0.2, 0) is 11.3 Å². The van der Waals surface area contributed by atoms with Gasteiger partial charge in [-0.05, 0) is 23.3 Å². The number of hydrogen-bond acceptors (Lipinski definition) is 4. The minimum atomic E-state index is -0.0455. The van der Waals surface area contributed by atoms with E-state index in [1.165, 1.54) is 11.1 Å². The standard InChI is InChI=1S/C27H30N2O3/c1-20(30)29-17-16-28(19-25(29)24-13-7-9-15-27(24)32-3)18-21-10-4-5-11-22(21)23-12-6-8-14-26(23)31-2/h4-15,25H,16-19H2,1-3H3. The van der Waals surface area contributed by atoms with Gasteiger partial charge in [0.15, 0.2) is 0 Å². The number of rotatable bonds is 6. The van der Waals surface area contributed by atoms with Crippen molar-refractivity contribution in [3.05, 3.63) is 83.9 Å². The molecule has 1 fully saturated rings. The number of carbonyl (C=O) groups excluding carboxylic acids is 1. The molecule has 1 aliphatic heterocycles. The van der Waals surface area contributed by atoms with Crippen molar-refractivity contribution in [2.45, 2.75) is 19.5 Å². The van der Waals surface area contributed by atoms with Crippen LogP contribution < -0.4 is 9.47 Å². The van der Waals surface area contributed by atoms with E-state index >= 15 is 0 Å². The van der Waals surface area contributed by atoms with Crippen LogP contribution in [0, 0.1) is 0 Å². The van der Waals surface area contributed by atoms with Crippen LogP contribution in [0.3, 0.4) is 0 Å². The molecule has 5 heteroatoms. The normalized spacial score (nSPS) is 16.6. The number of ether oxygens (including phenoxy) is 2. The molecular weight excluding hydrogens is 400 g/mol. The molecule has 1 unspecified atom stereocenters. The third kappa shape index (κ3) is 4.48. The summed E-state index contributed by atoms with van der Waals surface area (Å²) < 4.78 is 11.2. The molecule has 0 radical (unpaired) electrons. The van der Waals surface area contributed by atoms with Gasteiger partial charge in [0.1, 0.15) is 11.5 Å². The summed E-state index contributed by atoms with van der Waals surface area (Å²) >= 11 is 0. The van der Waals surface area contributed by atoms with Crippen LogP contribution in [0.15, 0.2) is 72.8 Å². The maximum absolute atomic E-state index is 12.4. The van der Waals surface area contributed by atoms with Crippen LogP contribution in [0.1, 0.15) is 24.1 Å². The number of methoxy groups -OCH3 is 2. The van der Waals surface area contributed by atoms with Crippen LogP contribution in [0.4, 0.5) is 0 Å². The average molecular weight is 431 g/mol. The Hall–Kier alpha value is -3.31. The maximum atomic E-state index is 12.4. The molecule has 1 saturated heterocycles. The minimum Gasteiger partial charge on any atom is -0.496 e. The second-order valence-electron chi connectivity index (χ2n) is 8.06. The Morgan fingerprint density at radius 2 is 1.47 bits per heavy atom. The van der Waals surface area contributed by atoms with Gasteiger partial charge < -0.3 is 14.4 Å². The molecule has 32 heavy (non-hydrogen) atoms. The number of para-hydroxylation sites is 2. The molecule has 0 N–H and O–H groups in total. The van der Waals surface area contributed by atoms with E-state index in [9.17, 15) is 4.79 Å². The highest BCUT2D eigenvalue weighted by atomic mass is 16.5. The Labute approximate surface area is 190 Å². The van der Waals surface area contributed by atoms with Crippen molar-refractivity contribution in [1.82, 2.24) is 9.80 Å². The Morgan fingerprint density at radius 1 is 0.844 bits per heavy atom. The Balaban J connectivity index is 1.63. The van der Waals surface area contributed by atoms with E-state index in [4.69, 9.17) is 9.47 Å². The zero-order valence-electron chi connectivity index (χ0n) is 19.0. The fourth-order valence-corrected chi connectivity index (χ4v) is 4.60. The van der Waals surface area contributed by atoms with Gasteiger partial charge in [-0.1, -0.05) is 60.7 Å². The zero-order valence-corrected chi connectivity index (χ0v) is 19.0. The lowest BCUT2D eigenvalue weighted by Crippen LogP contribution is -2.49. The molecule has 0 spiro atoms. The van der Waals surface area contributed by atoms with E-state index in [0.717, 1.165) is 42.3 Å². The number of piperazine rings is 1. The third-order valence-electron chi connectivity index (χ3n) is 6.18. The lowest BCUT2D eigenvalue weighted by atomic mass is 9.97. The van der Waals surface area contributed by atoms with Crippen molar-refractivity contribution in [2.75, 3.05) is 33.9 Å². The maximum Gasteiger partial charge on any atom is 0.220 e. The van der Waals surface area contributed by atoms with Crippen molar-refractivity contribution in [3.8, 4) is 22.6 Å². The summed E-state index contributed by atoms with van der Waals surface area (Å²) in [5, 5.41) is 0. The Bertz CT molecular complexity index is 1080. The molecule has 4 rings (SSSR count). The van der Waals surface area contributed by atoms with Gasteiger partial charge in [0.2, 0.25) is 5.91 Å². The molecule has 5 nitrogen and oxygen atoms in total. The number of carbonyl (C=O) groups is 1. The molecule has 0 aliphatic carbocycles. The van der Waals surface area contributed by atoms with Gasteiger partial charge in [0.05, 0.1) is 20.3 Å². The molecule has 3 aromatic rings. The highest BCUT2D eigenvalue weighted by Gasteiger charge is 2.32. The van der Waals surface area contributed by atoms with E-state index in [1.807, 2.05) is 41.3 Å². The largest absolute Gasteiger partial charge is 0.496 e. The van der Waals surface area contributed by atoms with Gasteiger partial charge in [-0.2, -0.15) is 0 Å². The first-order valence-electron chi connectivity index (χ1n) is 11.0. The average Bonchev–Trinajstić information content (AvgIpc) is 2.84. The van der Waals surface area contributed by atoms with Gasteiger partial charge in [0, 0.05) is 44.2 Å². The van der Waals surface area contributed by atoms with Crippen LogP contribution in [-0.4, -0.2) is 49.6 Å². The van der Waals surface area contributed by atoms with Crippen molar-refractivity contribution in [1.29, 1.82) is 0 Å². The monoisotopic (exact) mass is 430 g/mol. The Kier molecular flexibility index (Phi) is 6.76. The third-order valence-corrected chi connectivity index (χ3v) is 6.18. The quantitative estimate of drug-likeness (QED) is 0.565. The van der Waals surface area contributed by atoms with Crippen LogP contribution >= 0.6 is 0 Å². The lowest BCUT2D eigenvalue weighted by Gasteiger charge is -2.42. The highest BCUT2D eigenvalue weighted by molar-refractivity contribution is 5.74. The van der Waals surface area contributed by atoms with Crippen molar-refractivity contribution in [3.63, 3.8) is 0 Å². The van der Waals surface area contributed by atoms with E-state index in [2.05, 4.69) is 41.3 Å². The van der Waals surface area contributed by atoms with Crippen molar-refractivity contribution in [2.24, 2.45) is 0 Å². The molecule has 1 aliphatic rings. The fraction of sp³-hybridized carbons (Fsp3) is 0.296. The zero-order chi connectivity index (χ0) is 22.5. The number of nitrogens with zero attached hydrogens (tertiary/aromatic N) is 2. The summed E-state index contributed by atoms with van der Waals surface area (Å²) in [6, 6.07) is 24.5. The smallest absolute Gasteiger partial charge is 0.220 e. The first kappa shape index (κ1) is 21.9. The second kappa shape index (κ2) is 9.88. The first-order chi connectivity index (χ1) is 15.6. The predicted octanol–water partition coefficient (Wildman–Crippen LogP) is 4.78. The predicted molar refractivity (Wildman–Crippen MR) is 127 cm³/mol. The van der Waals surface area contributed by atoms with E-state index in [-0.39, 0.29) is 11.9 Å². The Morgan fingerprint density at radius 3 is 2.19 bits per heavy atom. The second-order valence-corrected chi connectivity index (χ2v) is 8.06. The van der Waals surface area contributed by atoms with Crippen molar-refractivity contribution < 1.29 is 14.3 Å². The number of amides is 1. The van der Waals surface area contributed by atoms with E-state index in [1.54, 1.807) is 21.1 Å². The van der Waals surface area contributed by atoms with Gasteiger partial charge in [-0.15, -0.1) is 0 Å². The summed E-state index contributed by atoms with van der Waals surface area (Å²) in [4.78, 5) is 16.8. The van der Waals surface area contributed by atoms with Gasteiger partial charge in [-0.25, -0.2) is 0 Å². The highest BCUT2D eigenvalue weighted by Crippen LogP contribution is 2.35. The molecule has 3 aromatic carbocycles. The summed E-state index contributed by atoms with van der Waals surface area (Å²) in [5.41, 5.74) is 4.56. The number of hydrogen-bond donors (Lipinski definition) is 0. The molecule has 1 amide bonds. The topological polar surface area (TPSA) is 42.0 Å². The first-order valence-corrected chi connectivity index (χ1v) is 11.0. The SMILES string of the molecule is COc1ccccc1-c1ccccc1CN1CCN(C(C)=O)C(c2ccccc2OC)C1. The van der Waals surface area contributed by atoms with Gasteiger partial charge in [0.25, 0.3) is 0 Å². The van der Waals surface area contributed by atoms with E-state index in [0.29, 0.717) is 6.54 Å². The fourth-order valence-electron chi connectivity index (χ4n) is 4.60. The van der Waals surface area contributed by atoms with Crippen LogP contribution in [0.25, 0.3) is 11.1 Å². The van der Waals surface area contributed by atoms with Crippen molar-refractivity contribution >= 4 is 5.91 Å². The molecule has 0 aromatic heterocycles. The van der Waals surface area contributed by atoms with Crippen LogP contribution in [0.5, 0.6) is 11.5 Å².